The van der Waals surface area contributed by atoms with E-state index in [1.54, 1.807) is 49.0 Å². The minimum atomic E-state index is -4.11. The standard InChI is InChI=1S/C28H33ClFN5O4S/c1-19(33(3)28(37)21-9-12-34(13-10-21)26(36)15-29)23-7-4-8-24(30)27(23)25-14-20(16-31-2)18-35(25)40(38,39)22-6-5-11-32-17-22/h4-8,11,14,17-19,21,31H,9-10,12-13,15-16H2,1-3H3. The number of hydrogen-bond acceptors (Lipinski definition) is 6. The van der Waals surface area contributed by atoms with Crippen LogP contribution < -0.4 is 5.32 Å². The van der Waals surface area contributed by atoms with Gasteiger partial charge in [0.2, 0.25) is 11.8 Å². The Balaban J connectivity index is 1.71. The summed E-state index contributed by atoms with van der Waals surface area (Å²) >= 11 is 5.67. The van der Waals surface area contributed by atoms with Crippen molar-refractivity contribution in [2.45, 2.75) is 37.2 Å². The molecule has 1 aliphatic rings. The van der Waals surface area contributed by atoms with Gasteiger partial charge in [-0.3, -0.25) is 14.6 Å². The largest absolute Gasteiger partial charge is 0.342 e. The first-order chi connectivity index (χ1) is 19.1. The molecule has 1 atom stereocenters. The fourth-order valence-corrected chi connectivity index (χ4v) is 6.62. The van der Waals surface area contributed by atoms with E-state index in [-0.39, 0.29) is 39.8 Å². The minimum absolute atomic E-state index is 0.0277. The van der Waals surface area contributed by atoms with Crippen molar-refractivity contribution in [3.8, 4) is 11.3 Å². The number of carbonyl (C=O) groups excluding carboxylic acids is 2. The topological polar surface area (TPSA) is 105 Å². The maximum Gasteiger partial charge on any atom is 0.269 e. The summed E-state index contributed by atoms with van der Waals surface area (Å²) in [4.78, 5) is 32.5. The number of piperidine rings is 1. The highest BCUT2D eigenvalue weighted by atomic mass is 35.5. The second-order valence-corrected chi connectivity index (χ2v) is 12.0. The monoisotopic (exact) mass is 589 g/mol. The number of likely N-dealkylation sites (tertiary alicyclic amines) is 1. The number of aromatic nitrogens is 2. The molecule has 40 heavy (non-hydrogen) atoms. The van der Waals surface area contributed by atoms with Crippen LogP contribution in [-0.2, 0) is 26.2 Å². The van der Waals surface area contributed by atoms with Crippen LogP contribution in [0.1, 0.15) is 36.9 Å². The van der Waals surface area contributed by atoms with Crippen LogP contribution in [0.4, 0.5) is 4.39 Å². The van der Waals surface area contributed by atoms with E-state index in [2.05, 4.69) is 10.3 Å². The number of nitrogens with one attached hydrogen (secondary N) is 1. The van der Waals surface area contributed by atoms with E-state index in [1.807, 2.05) is 0 Å². The third-order valence-corrected chi connectivity index (χ3v) is 9.29. The van der Waals surface area contributed by atoms with E-state index in [4.69, 9.17) is 11.6 Å². The van der Waals surface area contributed by atoms with Crippen molar-refractivity contribution in [2.75, 3.05) is 33.1 Å². The fourth-order valence-electron chi connectivity index (χ4n) is 5.10. The molecule has 1 fully saturated rings. The maximum atomic E-state index is 15.6. The molecular formula is C28H33ClFN5O4S. The normalized spacial score (nSPS) is 15.2. The molecule has 1 saturated heterocycles. The van der Waals surface area contributed by atoms with Gasteiger partial charge in [-0.25, -0.2) is 16.8 Å². The predicted octanol–water partition coefficient (Wildman–Crippen LogP) is 3.64. The van der Waals surface area contributed by atoms with E-state index in [0.717, 1.165) is 3.97 Å². The Morgan fingerprint density at radius 2 is 1.95 bits per heavy atom. The average molecular weight is 590 g/mol. The van der Waals surface area contributed by atoms with E-state index >= 15 is 4.39 Å². The molecule has 0 aliphatic carbocycles. The van der Waals surface area contributed by atoms with Crippen LogP contribution in [0, 0.1) is 11.7 Å². The Hall–Kier alpha value is -3.28. The second-order valence-electron chi connectivity index (χ2n) is 9.87. The first kappa shape index (κ1) is 29.7. The number of carbonyl (C=O) groups is 2. The number of hydrogen-bond donors (Lipinski definition) is 1. The first-order valence-electron chi connectivity index (χ1n) is 13.0. The van der Waals surface area contributed by atoms with Gasteiger partial charge < -0.3 is 15.1 Å². The summed E-state index contributed by atoms with van der Waals surface area (Å²) in [6.07, 6.45) is 5.22. The van der Waals surface area contributed by atoms with Crippen LogP contribution in [0.3, 0.4) is 0 Å². The summed E-state index contributed by atoms with van der Waals surface area (Å²) in [6.45, 7) is 3.05. The molecule has 214 valence electrons. The van der Waals surface area contributed by atoms with E-state index in [0.29, 0.717) is 43.6 Å². The highest BCUT2D eigenvalue weighted by Crippen LogP contribution is 2.37. The van der Waals surface area contributed by atoms with Crippen LogP contribution in [0.15, 0.2) is 59.9 Å². The lowest BCUT2D eigenvalue weighted by Crippen LogP contribution is -2.44. The number of halogens is 2. The van der Waals surface area contributed by atoms with Gasteiger partial charge in [-0.2, -0.15) is 0 Å². The van der Waals surface area contributed by atoms with Gasteiger partial charge in [0.15, 0.2) is 0 Å². The van der Waals surface area contributed by atoms with Crippen LogP contribution in [0.25, 0.3) is 11.3 Å². The zero-order chi connectivity index (χ0) is 29.0. The molecule has 0 bridgehead atoms. The quantitative estimate of drug-likeness (QED) is 0.382. The minimum Gasteiger partial charge on any atom is -0.342 e. The van der Waals surface area contributed by atoms with Crippen molar-refractivity contribution < 1.29 is 22.4 Å². The molecule has 3 aromatic rings. The number of pyridine rings is 1. The molecule has 2 amide bonds. The fraction of sp³-hybridized carbons (Fsp3) is 0.393. The zero-order valence-electron chi connectivity index (χ0n) is 22.7. The lowest BCUT2D eigenvalue weighted by atomic mass is 9.93. The van der Waals surface area contributed by atoms with Gasteiger partial charge >= 0.3 is 0 Å². The van der Waals surface area contributed by atoms with Crippen LogP contribution in [0.5, 0.6) is 0 Å². The summed E-state index contributed by atoms with van der Waals surface area (Å²) in [5.41, 5.74) is 1.38. The lowest BCUT2D eigenvalue weighted by molar-refractivity contribution is -0.140. The number of benzene rings is 1. The summed E-state index contributed by atoms with van der Waals surface area (Å²) in [5.74, 6) is -1.25. The SMILES string of the molecule is CNCc1cc(-c2c(F)cccc2C(C)N(C)C(=O)C2CCN(C(=O)CCl)CC2)n(S(=O)(=O)c2cccnc2)c1. The lowest BCUT2D eigenvalue weighted by Gasteiger charge is -2.35. The van der Waals surface area contributed by atoms with Crippen molar-refractivity contribution >= 4 is 33.4 Å². The Morgan fingerprint density at radius 3 is 2.58 bits per heavy atom. The molecule has 4 rings (SSSR count). The second kappa shape index (κ2) is 12.5. The van der Waals surface area contributed by atoms with Crippen molar-refractivity contribution in [3.05, 3.63) is 71.9 Å². The van der Waals surface area contributed by atoms with Crippen LogP contribution in [0.2, 0.25) is 0 Å². The molecule has 12 heteroatoms. The molecule has 9 nitrogen and oxygen atoms in total. The van der Waals surface area contributed by atoms with Gasteiger partial charge in [-0.15, -0.1) is 11.6 Å². The zero-order valence-corrected chi connectivity index (χ0v) is 24.3. The Labute approximate surface area is 239 Å². The average Bonchev–Trinajstić information content (AvgIpc) is 3.40. The number of alkyl halides is 1. The molecule has 0 radical (unpaired) electrons. The Morgan fingerprint density at radius 1 is 1.23 bits per heavy atom. The summed E-state index contributed by atoms with van der Waals surface area (Å²) in [5, 5.41) is 3.00. The number of rotatable bonds is 9. The third-order valence-electron chi connectivity index (χ3n) is 7.41. The molecule has 0 saturated carbocycles. The van der Waals surface area contributed by atoms with E-state index in [1.165, 1.54) is 36.8 Å². The van der Waals surface area contributed by atoms with Crippen molar-refractivity contribution in [1.82, 2.24) is 24.1 Å². The van der Waals surface area contributed by atoms with Gasteiger partial charge in [0.25, 0.3) is 10.0 Å². The van der Waals surface area contributed by atoms with Crippen molar-refractivity contribution in [2.24, 2.45) is 5.92 Å². The highest BCUT2D eigenvalue weighted by Gasteiger charge is 2.33. The van der Waals surface area contributed by atoms with Crippen LogP contribution >= 0.6 is 11.6 Å². The molecule has 1 N–H and O–H groups in total. The van der Waals surface area contributed by atoms with Crippen molar-refractivity contribution in [3.63, 3.8) is 0 Å². The van der Waals surface area contributed by atoms with E-state index in [9.17, 15) is 18.0 Å². The first-order valence-corrected chi connectivity index (χ1v) is 15.0. The number of nitrogens with zero attached hydrogens (tertiary/aromatic N) is 4. The molecular weight excluding hydrogens is 557 g/mol. The number of amides is 2. The molecule has 1 unspecified atom stereocenters. The van der Waals surface area contributed by atoms with Crippen LogP contribution in [-0.4, -0.2) is 72.1 Å². The van der Waals surface area contributed by atoms with E-state index < -0.39 is 21.9 Å². The van der Waals surface area contributed by atoms with Gasteiger partial charge in [0.05, 0.1) is 11.7 Å². The van der Waals surface area contributed by atoms with Gasteiger partial charge in [-0.1, -0.05) is 12.1 Å². The molecule has 1 aromatic carbocycles. The van der Waals surface area contributed by atoms with Gasteiger partial charge in [-0.05, 0) is 62.2 Å². The Bertz CT molecular complexity index is 1470. The molecule has 1 aliphatic heterocycles. The van der Waals surface area contributed by atoms with Crippen molar-refractivity contribution in [1.29, 1.82) is 0 Å². The summed E-state index contributed by atoms with van der Waals surface area (Å²) < 4.78 is 44.0. The third kappa shape index (κ3) is 5.91. The molecule has 0 spiro atoms. The maximum absolute atomic E-state index is 15.6. The van der Waals surface area contributed by atoms with Gasteiger partial charge in [0, 0.05) is 56.8 Å². The predicted molar refractivity (Wildman–Crippen MR) is 151 cm³/mol. The summed E-state index contributed by atoms with van der Waals surface area (Å²) in [6, 6.07) is 8.58. The molecule has 2 aromatic heterocycles. The Kier molecular flexibility index (Phi) is 9.27. The smallest absolute Gasteiger partial charge is 0.269 e. The summed E-state index contributed by atoms with van der Waals surface area (Å²) in [7, 11) is -0.707. The highest BCUT2D eigenvalue weighted by molar-refractivity contribution is 7.90. The molecule has 3 heterocycles. The van der Waals surface area contributed by atoms with Gasteiger partial charge in [0.1, 0.15) is 16.6 Å².